The minimum atomic E-state index is 0. The number of aromatic nitrogens is 1. The van der Waals surface area contributed by atoms with Gasteiger partial charge < -0.3 is 10.5 Å². The third-order valence-corrected chi connectivity index (χ3v) is 4.58. The number of halogens is 2. The zero-order chi connectivity index (χ0) is 15.8. The summed E-state index contributed by atoms with van der Waals surface area (Å²) in [6.45, 7) is 0. The quantitative estimate of drug-likeness (QED) is 0.650. The molecule has 2 N–H and O–H groups in total. The highest BCUT2D eigenvalue weighted by molar-refractivity contribution is 6.30. The van der Waals surface area contributed by atoms with Gasteiger partial charge in [0.25, 0.3) is 0 Å². The predicted octanol–water partition coefficient (Wildman–Crippen LogP) is 5.56. The fourth-order valence-corrected chi connectivity index (χ4v) is 3.27. The van der Waals surface area contributed by atoms with Gasteiger partial charge in [0.15, 0.2) is 0 Å². The fraction of sp³-hybridized carbons (Fsp3) is 0.211. The van der Waals surface area contributed by atoms with Gasteiger partial charge in [-0.1, -0.05) is 11.6 Å². The molecule has 0 aliphatic heterocycles. The van der Waals surface area contributed by atoms with Gasteiger partial charge in [0.05, 0.1) is 5.52 Å². The predicted molar refractivity (Wildman–Crippen MR) is 102 cm³/mol. The zero-order valence-electron chi connectivity index (χ0n) is 13.1. The number of anilines is 1. The third kappa shape index (κ3) is 3.14. The lowest BCUT2D eigenvalue weighted by Gasteiger charge is -2.18. The number of aryl methyl sites for hydroxylation is 1. The van der Waals surface area contributed by atoms with E-state index in [1.165, 1.54) is 18.4 Å². The first-order valence-electron chi connectivity index (χ1n) is 7.85. The fourth-order valence-electron chi connectivity index (χ4n) is 3.14. The molecule has 3 nitrogen and oxygen atoms in total. The lowest BCUT2D eigenvalue weighted by Crippen LogP contribution is -2.09. The number of rotatable bonds is 2. The monoisotopic (exact) mass is 360 g/mol. The summed E-state index contributed by atoms with van der Waals surface area (Å²) in [4.78, 5) is 4.78. The highest BCUT2D eigenvalue weighted by Crippen LogP contribution is 2.34. The smallest absolute Gasteiger partial charge is 0.128 e. The maximum atomic E-state index is 6.41. The number of ether oxygens (including phenoxy) is 1. The summed E-state index contributed by atoms with van der Waals surface area (Å²) < 4.78 is 5.90. The van der Waals surface area contributed by atoms with Crippen molar-refractivity contribution >= 4 is 40.6 Å². The van der Waals surface area contributed by atoms with Gasteiger partial charge in [-0.15, -0.1) is 12.4 Å². The van der Waals surface area contributed by atoms with Crippen LogP contribution in [-0.2, 0) is 12.8 Å². The Morgan fingerprint density at radius 2 is 1.67 bits per heavy atom. The molecule has 0 spiro atoms. The molecule has 2 aromatic carbocycles. The molecule has 0 fully saturated rings. The highest BCUT2D eigenvalue weighted by atomic mass is 35.5. The van der Waals surface area contributed by atoms with Crippen LogP contribution in [0, 0.1) is 0 Å². The van der Waals surface area contributed by atoms with Crippen LogP contribution in [0.3, 0.4) is 0 Å². The second-order valence-corrected chi connectivity index (χ2v) is 6.33. The maximum Gasteiger partial charge on any atom is 0.128 e. The summed E-state index contributed by atoms with van der Waals surface area (Å²) in [5, 5.41) is 1.66. The Bertz CT molecular complexity index is 879. The van der Waals surface area contributed by atoms with E-state index in [0.29, 0.717) is 5.02 Å². The minimum absolute atomic E-state index is 0. The van der Waals surface area contributed by atoms with E-state index in [4.69, 9.17) is 27.1 Å². The Kier molecular flexibility index (Phi) is 4.83. The standard InChI is InChI=1S/C19H17ClN2O.ClH/c20-12-5-7-13(8-6-12)23-14-9-10-18-16(11-14)19(21)15-3-1-2-4-17(15)22-18;/h5-11H,1-4H2,(H2,21,22);1H. The van der Waals surface area contributed by atoms with Gasteiger partial charge >= 0.3 is 0 Å². The second-order valence-electron chi connectivity index (χ2n) is 5.89. The molecule has 1 aliphatic carbocycles. The molecule has 0 radical (unpaired) electrons. The summed E-state index contributed by atoms with van der Waals surface area (Å²) in [7, 11) is 0. The molecule has 24 heavy (non-hydrogen) atoms. The van der Waals surface area contributed by atoms with Crippen molar-refractivity contribution in [3.63, 3.8) is 0 Å². The number of nitrogen functional groups attached to an aromatic ring is 1. The molecular weight excluding hydrogens is 343 g/mol. The lowest BCUT2D eigenvalue weighted by molar-refractivity contribution is 0.483. The number of nitrogens with two attached hydrogens (primary N) is 1. The summed E-state index contributed by atoms with van der Waals surface area (Å²) >= 11 is 5.90. The molecule has 4 rings (SSSR count). The molecule has 0 saturated heterocycles. The number of nitrogens with zero attached hydrogens (tertiary/aromatic N) is 1. The van der Waals surface area contributed by atoms with E-state index in [9.17, 15) is 0 Å². The molecule has 0 atom stereocenters. The van der Waals surface area contributed by atoms with E-state index >= 15 is 0 Å². The average molecular weight is 361 g/mol. The van der Waals surface area contributed by atoms with E-state index in [1.807, 2.05) is 42.5 Å². The Morgan fingerprint density at radius 1 is 0.958 bits per heavy atom. The van der Waals surface area contributed by atoms with Crippen molar-refractivity contribution < 1.29 is 4.74 Å². The van der Waals surface area contributed by atoms with E-state index < -0.39 is 0 Å². The second kappa shape index (κ2) is 6.88. The largest absolute Gasteiger partial charge is 0.457 e. The van der Waals surface area contributed by atoms with Crippen LogP contribution >= 0.6 is 24.0 Å². The van der Waals surface area contributed by atoms with E-state index in [-0.39, 0.29) is 12.4 Å². The van der Waals surface area contributed by atoms with Crippen molar-refractivity contribution in [2.24, 2.45) is 0 Å². The maximum absolute atomic E-state index is 6.41. The summed E-state index contributed by atoms with van der Waals surface area (Å²) in [6, 6.07) is 13.2. The van der Waals surface area contributed by atoms with Crippen LogP contribution in [0.1, 0.15) is 24.1 Å². The topological polar surface area (TPSA) is 48.1 Å². The highest BCUT2D eigenvalue weighted by Gasteiger charge is 2.16. The molecule has 1 aliphatic rings. The van der Waals surface area contributed by atoms with Crippen LogP contribution in [0.2, 0.25) is 5.02 Å². The molecule has 0 saturated carbocycles. The number of fused-ring (bicyclic) bond motifs is 2. The molecule has 3 aromatic rings. The first-order chi connectivity index (χ1) is 11.2. The van der Waals surface area contributed by atoms with Crippen molar-refractivity contribution in [1.29, 1.82) is 0 Å². The summed E-state index contributed by atoms with van der Waals surface area (Å²) in [6.07, 6.45) is 4.43. The number of hydrogen-bond donors (Lipinski definition) is 1. The lowest BCUT2D eigenvalue weighted by atomic mass is 9.93. The van der Waals surface area contributed by atoms with Gasteiger partial charge in [-0.05, 0) is 73.7 Å². The van der Waals surface area contributed by atoms with Crippen LogP contribution in [0.5, 0.6) is 11.5 Å². The Hall–Kier alpha value is -1.97. The Balaban J connectivity index is 0.00000169. The first kappa shape index (κ1) is 16.9. The van der Waals surface area contributed by atoms with Gasteiger partial charge in [0, 0.05) is 21.8 Å². The van der Waals surface area contributed by atoms with E-state index in [1.54, 1.807) is 0 Å². The number of hydrogen-bond acceptors (Lipinski definition) is 3. The Morgan fingerprint density at radius 3 is 2.46 bits per heavy atom. The van der Waals surface area contributed by atoms with Gasteiger partial charge in [-0.2, -0.15) is 0 Å². The molecular formula is C19H18Cl2N2O. The summed E-state index contributed by atoms with van der Waals surface area (Å²) in [5.41, 5.74) is 10.6. The minimum Gasteiger partial charge on any atom is -0.457 e. The van der Waals surface area contributed by atoms with Crippen molar-refractivity contribution in [1.82, 2.24) is 4.98 Å². The van der Waals surface area contributed by atoms with Crippen LogP contribution in [0.4, 0.5) is 5.69 Å². The Labute approximate surface area is 152 Å². The van der Waals surface area contributed by atoms with E-state index in [2.05, 4.69) is 0 Å². The number of pyridine rings is 1. The van der Waals surface area contributed by atoms with E-state index in [0.717, 1.165) is 46.6 Å². The first-order valence-corrected chi connectivity index (χ1v) is 8.23. The van der Waals surface area contributed by atoms with Crippen LogP contribution in [0.25, 0.3) is 10.9 Å². The van der Waals surface area contributed by atoms with Crippen molar-refractivity contribution in [2.75, 3.05) is 5.73 Å². The molecule has 0 unspecified atom stereocenters. The SMILES string of the molecule is Cl.Nc1c2c(nc3ccc(Oc4ccc(Cl)cc4)cc13)CCCC2. The van der Waals surface area contributed by atoms with Crippen molar-refractivity contribution in [2.45, 2.75) is 25.7 Å². The van der Waals surface area contributed by atoms with Crippen molar-refractivity contribution in [3.05, 3.63) is 58.7 Å². The molecule has 0 bridgehead atoms. The zero-order valence-corrected chi connectivity index (χ0v) is 14.7. The van der Waals surface area contributed by atoms with Crippen molar-refractivity contribution in [3.8, 4) is 11.5 Å². The molecule has 124 valence electrons. The average Bonchev–Trinajstić information content (AvgIpc) is 2.58. The van der Waals surface area contributed by atoms with Crippen LogP contribution in [0.15, 0.2) is 42.5 Å². The molecule has 5 heteroatoms. The third-order valence-electron chi connectivity index (χ3n) is 4.33. The number of benzene rings is 2. The normalized spacial score (nSPS) is 13.2. The molecule has 1 aromatic heterocycles. The van der Waals surface area contributed by atoms with Crippen LogP contribution < -0.4 is 10.5 Å². The van der Waals surface area contributed by atoms with Crippen LogP contribution in [-0.4, -0.2) is 4.98 Å². The molecule has 1 heterocycles. The van der Waals surface area contributed by atoms with Gasteiger partial charge in [0.2, 0.25) is 0 Å². The summed E-state index contributed by atoms with van der Waals surface area (Å²) in [5.74, 6) is 1.50. The van der Waals surface area contributed by atoms with Gasteiger partial charge in [-0.25, -0.2) is 0 Å². The molecule has 0 amide bonds. The van der Waals surface area contributed by atoms with Gasteiger partial charge in [0.1, 0.15) is 11.5 Å². The van der Waals surface area contributed by atoms with Gasteiger partial charge in [-0.3, -0.25) is 4.98 Å².